The number of nitrogens with zero attached hydrogens (tertiary/aromatic N) is 2. The van der Waals surface area contributed by atoms with Crippen LogP contribution in [0.4, 0.5) is 0 Å². The molecule has 2 aromatic rings. The minimum Gasteiger partial charge on any atom is -0.330 e. The Hall–Kier alpha value is -0.350. The molecule has 0 bridgehead atoms. The molecule has 0 fully saturated rings. The van der Waals surface area contributed by atoms with E-state index in [0.29, 0.717) is 0 Å². The zero-order chi connectivity index (χ0) is 8.39. The fraction of sp³-hybridized carbons (Fsp3) is 0.222. The number of hydrogen-bond acceptors (Lipinski definition) is 1. The number of alkyl halides is 1. The van der Waals surface area contributed by atoms with Crippen molar-refractivity contribution in [1.82, 2.24) is 9.55 Å². The molecule has 0 saturated heterocycles. The van der Waals surface area contributed by atoms with E-state index in [0.717, 1.165) is 17.4 Å². The van der Waals surface area contributed by atoms with Crippen LogP contribution < -0.4 is 0 Å². The van der Waals surface area contributed by atoms with Crippen LogP contribution >= 0.6 is 32.9 Å². The highest BCUT2D eigenvalue weighted by molar-refractivity contribution is 9.09. The lowest BCUT2D eigenvalue weighted by atomic mass is 10.3. The van der Waals surface area contributed by atoms with Crippen molar-refractivity contribution in [3.63, 3.8) is 0 Å². The summed E-state index contributed by atoms with van der Waals surface area (Å²) in [6.07, 6.45) is 1.88. The van der Waals surface area contributed by atoms with Crippen molar-refractivity contribution in [3.05, 3.63) is 30.6 Å². The Balaban J connectivity index is 0.000000845. The lowest BCUT2D eigenvalue weighted by Gasteiger charge is -1.98. The minimum atomic E-state index is 0. The summed E-state index contributed by atoms with van der Waals surface area (Å²) in [4.78, 5) is 4.28. The molecule has 1 heterocycles. The van der Waals surface area contributed by atoms with Gasteiger partial charge in [0, 0.05) is 11.9 Å². The fourth-order valence-electron chi connectivity index (χ4n) is 1.28. The van der Waals surface area contributed by atoms with Crippen LogP contribution in [0.2, 0.25) is 0 Å². The number of benzene rings is 1. The topological polar surface area (TPSA) is 17.8 Å². The summed E-state index contributed by atoms with van der Waals surface area (Å²) in [6.45, 7) is 0.973. The maximum Gasteiger partial charge on any atom is 0.0958 e. The zero-order valence-electron chi connectivity index (χ0n) is 6.98. The van der Waals surface area contributed by atoms with Crippen molar-refractivity contribution in [2.45, 2.75) is 6.54 Å². The third kappa shape index (κ3) is 2.11. The van der Waals surface area contributed by atoms with E-state index in [-0.39, 0.29) is 17.0 Å². The molecule has 4 heteroatoms. The molecule has 0 aliphatic heterocycles. The number of fused-ring (bicyclic) bond motifs is 1. The van der Waals surface area contributed by atoms with Crippen LogP contribution in [0, 0.1) is 0 Å². The van der Waals surface area contributed by atoms with Crippen molar-refractivity contribution in [2.24, 2.45) is 0 Å². The molecule has 0 atom stereocenters. The maximum absolute atomic E-state index is 4.28. The van der Waals surface area contributed by atoms with Gasteiger partial charge in [0.25, 0.3) is 0 Å². The van der Waals surface area contributed by atoms with Gasteiger partial charge in [0.05, 0.1) is 17.4 Å². The monoisotopic (exact) mass is 304 g/mol. The fourth-order valence-corrected chi connectivity index (χ4v) is 1.66. The Morgan fingerprint density at radius 1 is 1.31 bits per heavy atom. The summed E-state index contributed by atoms with van der Waals surface area (Å²) < 4.78 is 2.14. The van der Waals surface area contributed by atoms with Gasteiger partial charge in [-0.3, -0.25) is 0 Å². The van der Waals surface area contributed by atoms with Gasteiger partial charge in [0.1, 0.15) is 0 Å². The number of halogens is 2. The van der Waals surface area contributed by atoms with Gasteiger partial charge in [-0.15, -0.1) is 17.0 Å². The van der Waals surface area contributed by atoms with Crippen molar-refractivity contribution in [1.29, 1.82) is 0 Å². The maximum atomic E-state index is 4.28. The van der Waals surface area contributed by atoms with E-state index in [1.165, 1.54) is 5.52 Å². The summed E-state index contributed by atoms with van der Waals surface area (Å²) in [6, 6.07) is 8.16. The van der Waals surface area contributed by atoms with Gasteiger partial charge in [-0.25, -0.2) is 4.98 Å². The second-order valence-corrected chi connectivity index (χ2v) is 3.41. The molecule has 2 nitrogen and oxygen atoms in total. The molecular weight excluding hydrogens is 296 g/mol. The van der Waals surface area contributed by atoms with Crippen LogP contribution in [-0.2, 0) is 6.54 Å². The minimum absolute atomic E-state index is 0. The van der Waals surface area contributed by atoms with Gasteiger partial charge in [-0.2, -0.15) is 0 Å². The van der Waals surface area contributed by atoms with Crippen molar-refractivity contribution >= 4 is 43.9 Å². The quantitative estimate of drug-likeness (QED) is 0.780. The van der Waals surface area contributed by atoms with Crippen LogP contribution in [-0.4, -0.2) is 14.9 Å². The normalized spacial score (nSPS) is 9.92. The Labute approximate surface area is 95.9 Å². The van der Waals surface area contributed by atoms with Crippen molar-refractivity contribution < 1.29 is 0 Å². The van der Waals surface area contributed by atoms with E-state index in [4.69, 9.17) is 0 Å². The van der Waals surface area contributed by atoms with Gasteiger partial charge in [0.2, 0.25) is 0 Å². The molecule has 0 unspecified atom stereocenters. The predicted octanol–water partition coefficient (Wildman–Crippen LogP) is 3.01. The number of para-hydroxylation sites is 2. The van der Waals surface area contributed by atoms with Crippen LogP contribution in [0.5, 0.6) is 0 Å². The predicted molar refractivity (Wildman–Crippen MR) is 63.8 cm³/mol. The summed E-state index contributed by atoms with van der Waals surface area (Å²) in [5, 5.41) is 0.966. The van der Waals surface area contributed by atoms with Crippen LogP contribution in [0.3, 0.4) is 0 Å². The molecule has 0 aliphatic rings. The highest BCUT2D eigenvalue weighted by Crippen LogP contribution is 2.11. The van der Waals surface area contributed by atoms with E-state index < -0.39 is 0 Å². The Morgan fingerprint density at radius 3 is 2.85 bits per heavy atom. The zero-order valence-corrected chi connectivity index (χ0v) is 10.3. The molecule has 0 spiro atoms. The van der Waals surface area contributed by atoms with Crippen LogP contribution in [0.25, 0.3) is 11.0 Å². The molecular formula is C9H10Br2N2. The van der Waals surface area contributed by atoms with E-state index >= 15 is 0 Å². The van der Waals surface area contributed by atoms with Gasteiger partial charge in [-0.05, 0) is 12.1 Å². The average Bonchev–Trinajstić information content (AvgIpc) is 2.50. The Kier molecular flexibility index (Phi) is 3.93. The summed E-state index contributed by atoms with van der Waals surface area (Å²) in [7, 11) is 0. The molecule has 0 saturated carbocycles. The highest BCUT2D eigenvalue weighted by Gasteiger charge is 1.98. The first-order chi connectivity index (χ1) is 5.92. The molecule has 0 radical (unpaired) electrons. The van der Waals surface area contributed by atoms with Gasteiger partial charge < -0.3 is 4.57 Å². The summed E-state index contributed by atoms with van der Waals surface area (Å²) >= 11 is 3.41. The molecule has 0 N–H and O–H groups in total. The van der Waals surface area contributed by atoms with Gasteiger partial charge >= 0.3 is 0 Å². The number of imidazole rings is 1. The molecule has 2 rings (SSSR count). The third-order valence-corrected chi connectivity index (χ3v) is 2.21. The number of hydrogen-bond donors (Lipinski definition) is 0. The van der Waals surface area contributed by atoms with E-state index in [9.17, 15) is 0 Å². The lowest BCUT2D eigenvalue weighted by molar-refractivity contribution is 0.801. The molecule has 70 valence electrons. The number of aromatic nitrogens is 2. The first-order valence-corrected chi connectivity index (χ1v) is 5.00. The van der Waals surface area contributed by atoms with Crippen LogP contribution in [0.1, 0.15) is 0 Å². The largest absolute Gasteiger partial charge is 0.330 e. The second kappa shape index (κ2) is 4.77. The molecule has 0 amide bonds. The van der Waals surface area contributed by atoms with Crippen molar-refractivity contribution in [3.8, 4) is 0 Å². The SMILES string of the molecule is Br.BrCCn1cnc2ccccc21. The molecule has 1 aromatic heterocycles. The molecule has 13 heavy (non-hydrogen) atoms. The molecule has 0 aliphatic carbocycles. The third-order valence-electron chi connectivity index (χ3n) is 1.85. The van der Waals surface area contributed by atoms with E-state index in [1.807, 2.05) is 24.5 Å². The Morgan fingerprint density at radius 2 is 2.08 bits per heavy atom. The smallest absolute Gasteiger partial charge is 0.0958 e. The average molecular weight is 306 g/mol. The van der Waals surface area contributed by atoms with Crippen LogP contribution in [0.15, 0.2) is 30.6 Å². The lowest BCUT2D eigenvalue weighted by Crippen LogP contribution is -1.95. The van der Waals surface area contributed by atoms with E-state index in [2.05, 4.69) is 31.5 Å². The standard InChI is InChI=1S/C9H9BrN2.BrH/c10-5-6-12-7-11-8-3-1-2-4-9(8)12;/h1-4,7H,5-6H2;1H. The highest BCUT2D eigenvalue weighted by atomic mass is 79.9. The Bertz CT molecular complexity index is 384. The summed E-state index contributed by atoms with van der Waals surface area (Å²) in [5.74, 6) is 0. The first-order valence-electron chi connectivity index (χ1n) is 3.87. The first kappa shape index (κ1) is 10.7. The molecule has 1 aromatic carbocycles. The van der Waals surface area contributed by atoms with Crippen molar-refractivity contribution in [2.75, 3.05) is 5.33 Å². The van der Waals surface area contributed by atoms with E-state index in [1.54, 1.807) is 0 Å². The second-order valence-electron chi connectivity index (χ2n) is 2.62. The number of aryl methyl sites for hydroxylation is 1. The van der Waals surface area contributed by atoms with Gasteiger partial charge in [0.15, 0.2) is 0 Å². The summed E-state index contributed by atoms with van der Waals surface area (Å²) in [5.41, 5.74) is 2.27. The number of rotatable bonds is 2. The van der Waals surface area contributed by atoms with Gasteiger partial charge in [-0.1, -0.05) is 28.1 Å².